The van der Waals surface area contributed by atoms with Crippen molar-refractivity contribution in [1.82, 2.24) is 4.57 Å². The molecule has 0 saturated heterocycles. The van der Waals surface area contributed by atoms with Gasteiger partial charge in [-0.05, 0) is 70.6 Å². The first-order chi connectivity index (χ1) is 22.8. The number of furan rings is 1. The molecule has 2 aliphatic rings. The number of nitrogens with zero attached hydrogens (tertiary/aromatic N) is 2. The lowest BCUT2D eigenvalue weighted by atomic mass is 9.43. The van der Waals surface area contributed by atoms with E-state index in [1.54, 1.807) is 0 Å². The van der Waals surface area contributed by atoms with Crippen LogP contribution in [0.15, 0.2) is 156 Å². The highest BCUT2D eigenvalue weighted by Gasteiger charge is 2.42. The molecule has 9 aromatic rings. The van der Waals surface area contributed by atoms with Gasteiger partial charge >= 0.3 is 6.85 Å². The van der Waals surface area contributed by atoms with Crippen LogP contribution in [-0.2, 0) is 0 Å². The van der Waals surface area contributed by atoms with Crippen molar-refractivity contribution in [2.24, 2.45) is 0 Å². The van der Waals surface area contributed by atoms with Crippen molar-refractivity contribution in [1.29, 1.82) is 0 Å². The first-order valence-corrected chi connectivity index (χ1v) is 15.9. The normalized spacial score (nSPS) is 13.1. The number of para-hydroxylation sites is 3. The minimum atomic E-state index is 0.0804. The van der Waals surface area contributed by atoms with Crippen LogP contribution in [0.4, 0.5) is 11.4 Å². The summed E-state index contributed by atoms with van der Waals surface area (Å²) in [5, 5.41) is 4.73. The molecular formula is C42H25BN2O. The molecule has 0 radical (unpaired) electrons. The van der Waals surface area contributed by atoms with Crippen molar-refractivity contribution in [3.63, 3.8) is 0 Å². The molecule has 0 N–H and O–H groups in total. The minimum Gasteiger partial charge on any atom is -0.456 e. The summed E-state index contributed by atoms with van der Waals surface area (Å²) in [6.45, 7) is 0.0804. The summed E-state index contributed by atoms with van der Waals surface area (Å²) in [4.78, 5) is 2.58. The van der Waals surface area contributed by atoms with Gasteiger partial charge in [-0.3, -0.25) is 0 Å². The average molecular weight is 584 g/mol. The molecule has 0 saturated carbocycles. The molecule has 46 heavy (non-hydrogen) atoms. The fourth-order valence-corrected chi connectivity index (χ4v) is 8.35. The van der Waals surface area contributed by atoms with Gasteiger partial charge in [-0.1, -0.05) is 103 Å². The summed E-state index contributed by atoms with van der Waals surface area (Å²) in [5.41, 5.74) is 15.6. The molecule has 3 nitrogen and oxygen atoms in total. The molecule has 4 heterocycles. The topological polar surface area (TPSA) is 21.3 Å². The van der Waals surface area contributed by atoms with E-state index >= 15 is 0 Å². The molecule has 0 atom stereocenters. The summed E-state index contributed by atoms with van der Waals surface area (Å²) < 4.78 is 8.92. The van der Waals surface area contributed by atoms with E-state index in [-0.39, 0.29) is 6.85 Å². The highest BCUT2D eigenvalue weighted by Crippen LogP contribution is 2.51. The van der Waals surface area contributed by atoms with Gasteiger partial charge in [-0.15, -0.1) is 0 Å². The van der Waals surface area contributed by atoms with Crippen LogP contribution in [0.25, 0.3) is 71.7 Å². The second kappa shape index (κ2) is 8.80. The van der Waals surface area contributed by atoms with Gasteiger partial charge in [0.05, 0.1) is 11.0 Å². The van der Waals surface area contributed by atoms with E-state index in [0.717, 1.165) is 27.6 Å². The zero-order chi connectivity index (χ0) is 29.9. The Balaban J connectivity index is 1.33. The molecule has 0 unspecified atom stereocenters. The molecular weight excluding hydrogens is 559 g/mol. The van der Waals surface area contributed by atoms with E-state index in [2.05, 4.69) is 155 Å². The summed E-state index contributed by atoms with van der Waals surface area (Å²) in [5.74, 6) is 0. The van der Waals surface area contributed by atoms with Crippen LogP contribution in [0.3, 0.4) is 0 Å². The Labute approximate surface area is 265 Å². The van der Waals surface area contributed by atoms with Gasteiger partial charge in [0.15, 0.2) is 0 Å². The van der Waals surface area contributed by atoms with Crippen molar-refractivity contribution >= 4 is 72.9 Å². The van der Waals surface area contributed by atoms with E-state index in [1.165, 1.54) is 66.4 Å². The Morgan fingerprint density at radius 2 is 1.15 bits per heavy atom. The van der Waals surface area contributed by atoms with Crippen LogP contribution in [0.5, 0.6) is 0 Å². The lowest BCUT2D eigenvalue weighted by Gasteiger charge is -2.43. The van der Waals surface area contributed by atoms with E-state index in [9.17, 15) is 0 Å². The second-order valence-corrected chi connectivity index (χ2v) is 12.5. The third-order valence-electron chi connectivity index (χ3n) is 10.2. The fourth-order valence-electron chi connectivity index (χ4n) is 8.35. The Morgan fingerprint density at radius 3 is 2.02 bits per heavy atom. The number of fused-ring (bicyclic) bond motifs is 18. The molecule has 2 aliphatic heterocycles. The zero-order valence-electron chi connectivity index (χ0n) is 24.8. The number of hydrogen-bond donors (Lipinski definition) is 0. The van der Waals surface area contributed by atoms with E-state index in [1.807, 2.05) is 6.07 Å². The van der Waals surface area contributed by atoms with E-state index in [4.69, 9.17) is 4.42 Å². The molecule has 0 amide bonds. The predicted octanol–water partition coefficient (Wildman–Crippen LogP) is 9.59. The van der Waals surface area contributed by atoms with Gasteiger partial charge in [0.2, 0.25) is 0 Å². The first-order valence-electron chi connectivity index (χ1n) is 15.9. The first kappa shape index (κ1) is 24.3. The van der Waals surface area contributed by atoms with Gasteiger partial charge in [-0.2, -0.15) is 0 Å². The van der Waals surface area contributed by atoms with Crippen LogP contribution in [-0.4, -0.2) is 11.4 Å². The van der Waals surface area contributed by atoms with Gasteiger partial charge < -0.3 is 13.8 Å². The molecule has 212 valence electrons. The Kier molecular flexibility index (Phi) is 4.66. The van der Waals surface area contributed by atoms with Crippen molar-refractivity contribution in [2.75, 3.05) is 4.81 Å². The number of benzene rings is 7. The molecule has 11 rings (SSSR count). The molecule has 0 aliphatic carbocycles. The van der Waals surface area contributed by atoms with Crippen molar-refractivity contribution in [3.05, 3.63) is 152 Å². The third-order valence-corrected chi connectivity index (χ3v) is 10.2. The number of rotatable bonds is 1. The molecule has 2 aromatic heterocycles. The van der Waals surface area contributed by atoms with E-state index in [0.29, 0.717) is 0 Å². The largest absolute Gasteiger partial charge is 0.456 e. The summed E-state index contributed by atoms with van der Waals surface area (Å²) in [7, 11) is 0. The maximum absolute atomic E-state index is 6.49. The number of hydrogen-bond acceptors (Lipinski definition) is 2. The van der Waals surface area contributed by atoms with Crippen LogP contribution in [0, 0.1) is 0 Å². The highest BCUT2D eigenvalue weighted by atomic mass is 16.3. The number of aromatic nitrogens is 1. The third kappa shape index (κ3) is 3.03. The van der Waals surface area contributed by atoms with Gasteiger partial charge in [0, 0.05) is 49.7 Å². The molecule has 0 fully saturated rings. The van der Waals surface area contributed by atoms with Crippen LogP contribution in [0.2, 0.25) is 0 Å². The highest BCUT2D eigenvalue weighted by molar-refractivity contribution is 6.92. The van der Waals surface area contributed by atoms with Gasteiger partial charge in [0.1, 0.15) is 11.2 Å². The Hall–Kier alpha value is -6.00. The molecule has 7 aromatic carbocycles. The van der Waals surface area contributed by atoms with Crippen LogP contribution in [0.1, 0.15) is 0 Å². The maximum Gasteiger partial charge on any atom is 0.329 e. The molecule has 4 heteroatoms. The predicted molar refractivity (Wildman–Crippen MR) is 193 cm³/mol. The zero-order valence-corrected chi connectivity index (χ0v) is 24.8. The quantitative estimate of drug-likeness (QED) is 0.179. The maximum atomic E-state index is 6.49. The minimum absolute atomic E-state index is 0.0804. The Bertz CT molecular complexity index is 2720. The monoisotopic (exact) mass is 584 g/mol. The lowest BCUT2D eigenvalue weighted by Crippen LogP contribution is -2.59. The standard InChI is InChI=1S/C42H25BN2O/c1-2-12-26(13-3-1)44-36-22-23-37-41(42(36)32-25-40-31(24-38(32)44)29-16-7-11-21-39(29)46-40)30-17-5-9-19-34(30)43-33-18-8-4-14-27(33)28-15-6-10-20-35(28)45(37)43/h1-25H. The van der Waals surface area contributed by atoms with Crippen LogP contribution < -0.4 is 15.7 Å². The average Bonchev–Trinajstić information content (AvgIpc) is 3.65. The SMILES string of the molecule is c1ccc(-n2c3cc4c(cc3c3c5c(ccc32)N2B(c3ccccc3-c3ccccc32)c2ccccc2-5)oc2ccccc24)cc1. The van der Waals surface area contributed by atoms with Crippen LogP contribution >= 0.6 is 0 Å². The van der Waals surface area contributed by atoms with Crippen molar-refractivity contribution in [2.45, 2.75) is 0 Å². The smallest absolute Gasteiger partial charge is 0.329 e. The van der Waals surface area contributed by atoms with Gasteiger partial charge in [0.25, 0.3) is 0 Å². The van der Waals surface area contributed by atoms with Crippen molar-refractivity contribution < 1.29 is 4.42 Å². The Morgan fingerprint density at radius 1 is 0.457 bits per heavy atom. The second-order valence-electron chi connectivity index (χ2n) is 12.5. The van der Waals surface area contributed by atoms with Crippen molar-refractivity contribution in [3.8, 4) is 27.9 Å². The summed E-state index contributed by atoms with van der Waals surface area (Å²) >= 11 is 0. The summed E-state index contributed by atoms with van der Waals surface area (Å²) in [6.07, 6.45) is 0. The number of anilines is 2. The summed E-state index contributed by atoms with van der Waals surface area (Å²) in [6, 6.07) is 55.2. The fraction of sp³-hybridized carbons (Fsp3) is 0. The van der Waals surface area contributed by atoms with E-state index < -0.39 is 0 Å². The molecule has 0 bridgehead atoms. The lowest BCUT2D eigenvalue weighted by molar-refractivity contribution is 0.669. The molecule has 0 spiro atoms. The van der Waals surface area contributed by atoms with Gasteiger partial charge in [-0.25, -0.2) is 0 Å².